The first-order valence-electron chi connectivity index (χ1n) is 8.36. The highest BCUT2D eigenvalue weighted by Crippen LogP contribution is 2.26. The topological polar surface area (TPSA) is 59.9 Å². The Morgan fingerprint density at radius 3 is 2.77 bits per heavy atom. The third-order valence-corrected chi connectivity index (χ3v) is 5.59. The number of aliphatic hydroxyl groups is 1. The van der Waals surface area contributed by atoms with Crippen LogP contribution in [-0.2, 0) is 0 Å². The van der Waals surface area contributed by atoms with Crippen LogP contribution in [0.2, 0.25) is 4.34 Å². The van der Waals surface area contributed by atoms with E-state index in [2.05, 4.69) is 44.8 Å². The highest BCUT2D eigenvalue weighted by molar-refractivity contribution is 14.0. The Kier molecular flexibility index (Phi) is 8.46. The Balaban J connectivity index is 0.00000243. The molecule has 1 aliphatic heterocycles. The van der Waals surface area contributed by atoms with Gasteiger partial charge in [0.25, 0.3) is 0 Å². The van der Waals surface area contributed by atoms with Crippen molar-refractivity contribution in [3.63, 3.8) is 0 Å². The number of nitrogens with zero attached hydrogens (tertiary/aromatic N) is 2. The maximum absolute atomic E-state index is 10.2. The second kappa shape index (κ2) is 10.3. The lowest BCUT2D eigenvalue weighted by molar-refractivity contribution is 0.184. The Morgan fingerprint density at radius 2 is 2.12 bits per heavy atom. The van der Waals surface area contributed by atoms with Gasteiger partial charge in [0.2, 0.25) is 0 Å². The maximum atomic E-state index is 10.2. The fourth-order valence-corrected chi connectivity index (χ4v) is 3.99. The van der Waals surface area contributed by atoms with E-state index in [9.17, 15) is 5.11 Å². The SMILES string of the molecule is CN=C(NCC(O)c1ccc(Cl)s1)NC1CCN(c2ccccc2)C1.I. The van der Waals surface area contributed by atoms with Crippen LogP contribution in [0.4, 0.5) is 5.69 Å². The molecule has 8 heteroatoms. The molecule has 5 nitrogen and oxygen atoms in total. The molecule has 2 atom stereocenters. The van der Waals surface area contributed by atoms with E-state index in [0.29, 0.717) is 22.9 Å². The average Bonchev–Trinajstić information content (AvgIpc) is 3.28. The summed E-state index contributed by atoms with van der Waals surface area (Å²) in [6.45, 7) is 2.36. The summed E-state index contributed by atoms with van der Waals surface area (Å²) in [4.78, 5) is 7.48. The first-order valence-corrected chi connectivity index (χ1v) is 9.55. The zero-order valence-electron chi connectivity index (χ0n) is 14.6. The van der Waals surface area contributed by atoms with Gasteiger partial charge in [-0.3, -0.25) is 4.99 Å². The fraction of sp³-hybridized carbons (Fsp3) is 0.389. The second-order valence-corrected chi connectivity index (χ2v) is 7.77. The summed E-state index contributed by atoms with van der Waals surface area (Å²) in [5, 5.41) is 16.9. The lowest BCUT2D eigenvalue weighted by atomic mass is 10.2. The molecule has 0 spiro atoms. The van der Waals surface area contributed by atoms with Crippen molar-refractivity contribution in [3.05, 3.63) is 51.7 Å². The number of rotatable bonds is 5. The average molecular weight is 507 g/mol. The van der Waals surface area contributed by atoms with E-state index in [1.165, 1.54) is 17.0 Å². The predicted molar refractivity (Wildman–Crippen MR) is 121 cm³/mol. The van der Waals surface area contributed by atoms with Gasteiger partial charge in [-0.1, -0.05) is 29.8 Å². The Morgan fingerprint density at radius 1 is 1.35 bits per heavy atom. The smallest absolute Gasteiger partial charge is 0.191 e. The first-order chi connectivity index (χ1) is 12.2. The van der Waals surface area contributed by atoms with E-state index in [1.54, 1.807) is 13.1 Å². The maximum Gasteiger partial charge on any atom is 0.191 e. The molecule has 142 valence electrons. The van der Waals surface area contributed by atoms with Gasteiger partial charge >= 0.3 is 0 Å². The molecule has 1 saturated heterocycles. The lowest BCUT2D eigenvalue weighted by Crippen LogP contribution is -2.45. The summed E-state index contributed by atoms with van der Waals surface area (Å²) in [6.07, 6.45) is 0.457. The van der Waals surface area contributed by atoms with Crippen LogP contribution in [0.5, 0.6) is 0 Å². The number of benzene rings is 1. The van der Waals surface area contributed by atoms with Gasteiger partial charge in [0.15, 0.2) is 5.96 Å². The Labute approximate surface area is 180 Å². The molecule has 26 heavy (non-hydrogen) atoms. The minimum atomic E-state index is -0.597. The molecule has 0 aliphatic carbocycles. The van der Waals surface area contributed by atoms with Gasteiger partial charge in [-0.05, 0) is 30.7 Å². The van der Waals surface area contributed by atoms with E-state index in [1.807, 2.05) is 12.1 Å². The number of aliphatic hydroxyl groups excluding tert-OH is 1. The third-order valence-electron chi connectivity index (χ3n) is 4.26. The van der Waals surface area contributed by atoms with Crippen molar-refractivity contribution >= 4 is 58.6 Å². The number of nitrogens with one attached hydrogen (secondary N) is 2. The fourth-order valence-electron chi connectivity index (χ4n) is 2.94. The van der Waals surface area contributed by atoms with Crippen LogP contribution in [0, 0.1) is 0 Å². The van der Waals surface area contributed by atoms with E-state index in [4.69, 9.17) is 11.6 Å². The van der Waals surface area contributed by atoms with Crippen LogP contribution < -0.4 is 15.5 Å². The molecular formula is C18H24ClIN4OS. The van der Waals surface area contributed by atoms with Gasteiger partial charge in [-0.15, -0.1) is 35.3 Å². The molecule has 1 aromatic heterocycles. The van der Waals surface area contributed by atoms with Gasteiger partial charge in [-0.25, -0.2) is 0 Å². The molecule has 2 aromatic rings. The molecule has 3 N–H and O–H groups in total. The second-order valence-electron chi connectivity index (χ2n) is 6.02. The quantitative estimate of drug-likeness (QED) is 0.330. The predicted octanol–water partition coefficient (Wildman–Crippen LogP) is 3.50. The number of guanidine groups is 1. The van der Waals surface area contributed by atoms with Crippen LogP contribution >= 0.6 is 46.9 Å². The van der Waals surface area contributed by atoms with Crippen molar-refractivity contribution in [1.82, 2.24) is 10.6 Å². The van der Waals surface area contributed by atoms with E-state index in [-0.39, 0.29) is 24.0 Å². The van der Waals surface area contributed by atoms with Crippen molar-refractivity contribution in [3.8, 4) is 0 Å². The van der Waals surface area contributed by atoms with Crippen molar-refractivity contribution in [2.75, 3.05) is 31.6 Å². The summed E-state index contributed by atoms with van der Waals surface area (Å²) in [5.41, 5.74) is 1.25. The minimum Gasteiger partial charge on any atom is -0.386 e. The molecule has 1 aliphatic rings. The summed E-state index contributed by atoms with van der Waals surface area (Å²) in [5.74, 6) is 0.710. The summed E-state index contributed by atoms with van der Waals surface area (Å²) < 4.78 is 0.684. The zero-order valence-corrected chi connectivity index (χ0v) is 18.5. The van der Waals surface area contributed by atoms with Crippen molar-refractivity contribution in [1.29, 1.82) is 0 Å². The Hall–Kier alpha value is -1.03. The standard InChI is InChI=1S/C18H23ClN4OS.HI/c1-20-18(21-11-15(24)16-7-8-17(19)25-16)22-13-9-10-23(12-13)14-5-3-2-4-6-14;/h2-8,13,15,24H,9-12H2,1H3,(H2,20,21,22);1H. The van der Waals surface area contributed by atoms with Crippen molar-refractivity contribution in [2.24, 2.45) is 4.99 Å². The number of halogens is 2. The Bertz CT molecular complexity index is 712. The van der Waals surface area contributed by atoms with Gasteiger partial charge in [0.1, 0.15) is 6.10 Å². The number of anilines is 1. The number of hydrogen-bond acceptors (Lipinski definition) is 4. The molecule has 0 radical (unpaired) electrons. The molecule has 3 rings (SSSR count). The van der Waals surface area contributed by atoms with Gasteiger partial charge < -0.3 is 20.6 Å². The third kappa shape index (κ3) is 5.73. The van der Waals surface area contributed by atoms with Gasteiger partial charge in [0.05, 0.1) is 4.34 Å². The number of para-hydroxylation sites is 1. The van der Waals surface area contributed by atoms with Crippen molar-refractivity contribution < 1.29 is 5.11 Å². The monoisotopic (exact) mass is 506 g/mol. The summed E-state index contributed by atoms with van der Waals surface area (Å²) in [6, 6.07) is 14.4. The van der Waals surface area contributed by atoms with Crippen LogP contribution in [-0.4, -0.2) is 43.8 Å². The number of aliphatic imine (C=N–C) groups is 1. The molecule has 1 aromatic carbocycles. The van der Waals surface area contributed by atoms with Crippen LogP contribution in [0.3, 0.4) is 0 Å². The number of thiophene rings is 1. The molecular weight excluding hydrogens is 483 g/mol. The van der Waals surface area contributed by atoms with E-state index in [0.717, 1.165) is 24.4 Å². The summed E-state index contributed by atoms with van der Waals surface area (Å²) >= 11 is 7.31. The molecule has 2 heterocycles. The molecule has 0 amide bonds. The highest BCUT2D eigenvalue weighted by Gasteiger charge is 2.23. The van der Waals surface area contributed by atoms with E-state index >= 15 is 0 Å². The molecule has 0 saturated carbocycles. The van der Waals surface area contributed by atoms with Crippen LogP contribution in [0.25, 0.3) is 0 Å². The summed E-state index contributed by atoms with van der Waals surface area (Å²) in [7, 11) is 1.74. The first kappa shape index (κ1) is 21.3. The largest absolute Gasteiger partial charge is 0.386 e. The lowest BCUT2D eigenvalue weighted by Gasteiger charge is -2.21. The van der Waals surface area contributed by atoms with Crippen molar-refractivity contribution in [2.45, 2.75) is 18.6 Å². The molecule has 2 unspecified atom stereocenters. The minimum absolute atomic E-state index is 0. The zero-order chi connectivity index (χ0) is 17.6. The van der Waals surface area contributed by atoms with Gasteiger partial charge in [0, 0.05) is 43.3 Å². The molecule has 1 fully saturated rings. The highest BCUT2D eigenvalue weighted by atomic mass is 127. The van der Waals surface area contributed by atoms with Crippen LogP contribution in [0.15, 0.2) is 47.5 Å². The van der Waals surface area contributed by atoms with E-state index < -0.39 is 6.10 Å². The number of hydrogen-bond donors (Lipinski definition) is 3. The molecule has 0 bridgehead atoms. The van der Waals surface area contributed by atoms with Crippen LogP contribution in [0.1, 0.15) is 17.4 Å². The normalized spacial score (nSPS) is 18.3. The van der Waals surface area contributed by atoms with Gasteiger partial charge in [-0.2, -0.15) is 0 Å².